The molecule has 0 saturated heterocycles. The van der Waals surface area contributed by atoms with Gasteiger partial charge in [0.1, 0.15) is 5.82 Å². The first-order valence-electron chi connectivity index (χ1n) is 6.23. The maximum absolute atomic E-state index is 13.7. The summed E-state index contributed by atoms with van der Waals surface area (Å²) in [6.07, 6.45) is 6.68. The molecule has 0 aliphatic heterocycles. The summed E-state index contributed by atoms with van der Waals surface area (Å²) in [5.74, 6) is -0.395. The van der Waals surface area contributed by atoms with Crippen LogP contribution in [0.1, 0.15) is 32.1 Å². The molecule has 1 fully saturated rings. The molecule has 0 atom stereocenters. The molecule has 1 aliphatic rings. The molecule has 3 nitrogen and oxygen atoms in total. The number of anilines is 1. The van der Waals surface area contributed by atoms with Crippen molar-refractivity contribution in [1.82, 2.24) is 0 Å². The molecule has 18 heavy (non-hydrogen) atoms. The zero-order chi connectivity index (χ0) is 13.2. The smallest absolute Gasteiger partial charge is 0.175 e. The number of rotatable bonds is 3. The lowest BCUT2D eigenvalue weighted by molar-refractivity contribution is 0.460. The second-order valence-electron chi connectivity index (χ2n) is 4.89. The van der Waals surface area contributed by atoms with Crippen LogP contribution in [0.3, 0.4) is 0 Å². The average molecular weight is 271 g/mol. The number of hydrogen-bond donors (Lipinski definition) is 1. The van der Waals surface area contributed by atoms with Crippen molar-refractivity contribution < 1.29 is 12.8 Å². The summed E-state index contributed by atoms with van der Waals surface area (Å²) in [6.45, 7) is 0. The molecule has 0 radical (unpaired) electrons. The Hall–Kier alpha value is -1.10. The molecular formula is C13H18FNO2S. The fourth-order valence-corrected chi connectivity index (χ4v) is 2.96. The summed E-state index contributed by atoms with van der Waals surface area (Å²) in [5.41, 5.74) is 0.296. The lowest BCUT2D eigenvalue weighted by Crippen LogP contribution is -2.23. The van der Waals surface area contributed by atoms with Gasteiger partial charge in [-0.15, -0.1) is 0 Å². The molecule has 1 saturated carbocycles. The van der Waals surface area contributed by atoms with Crippen LogP contribution in [-0.2, 0) is 9.84 Å². The molecule has 0 unspecified atom stereocenters. The Kier molecular flexibility index (Phi) is 3.90. The Labute approximate surface area is 107 Å². The van der Waals surface area contributed by atoms with E-state index in [0.29, 0.717) is 5.69 Å². The Bertz CT molecular complexity index is 522. The van der Waals surface area contributed by atoms with Crippen LogP contribution in [0.2, 0.25) is 0 Å². The fourth-order valence-electron chi connectivity index (χ4n) is 2.31. The van der Waals surface area contributed by atoms with Crippen molar-refractivity contribution in [1.29, 1.82) is 0 Å². The minimum absolute atomic E-state index is 0.155. The van der Waals surface area contributed by atoms with Gasteiger partial charge in [-0.3, -0.25) is 0 Å². The first-order chi connectivity index (χ1) is 8.47. The predicted octanol–water partition coefficient (Wildman–Crippen LogP) is 2.97. The minimum Gasteiger partial charge on any atom is -0.380 e. The summed E-state index contributed by atoms with van der Waals surface area (Å²) < 4.78 is 36.5. The van der Waals surface area contributed by atoms with Gasteiger partial charge in [-0.1, -0.05) is 19.3 Å². The molecule has 1 aliphatic carbocycles. The van der Waals surface area contributed by atoms with E-state index in [1.165, 1.54) is 24.6 Å². The third kappa shape index (κ3) is 3.22. The van der Waals surface area contributed by atoms with E-state index in [1.54, 1.807) is 0 Å². The maximum atomic E-state index is 13.7. The molecule has 1 aromatic rings. The van der Waals surface area contributed by atoms with Crippen molar-refractivity contribution in [2.75, 3.05) is 11.6 Å². The molecule has 0 spiro atoms. The number of hydrogen-bond acceptors (Lipinski definition) is 3. The van der Waals surface area contributed by atoms with Gasteiger partial charge in [0.2, 0.25) is 0 Å². The highest BCUT2D eigenvalue weighted by molar-refractivity contribution is 7.90. The van der Waals surface area contributed by atoms with E-state index < -0.39 is 15.7 Å². The van der Waals surface area contributed by atoms with Crippen LogP contribution >= 0.6 is 0 Å². The van der Waals surface area contributed by atoms with Crippen molar-refractivity contribution in [3.63, 3.8) is 0 Å². The number of nitrogens with one attached hydrogen (secondary N) is 1. The van der Waals surface area contributed by atoms with Crippen molar-refractivity contribution in [3.05, 3.63) is 24.0 Å². The van der Waals surface area contributed by atoms with E-state index in [9.17, 15) is 12.8 Å². The first kappa shape index (κ1) is 13.3. The van der Waals surface area contributed by atoms with Gasteiger partial charge in [0.05, 0.1) is 10.6 Å². The monoisotopic (exact) mass is 271 g/mol. The Balaban J connectivity index is 2.21. The van der Waals surface area contributed by atoms with Crippen molar-refractivity contribution in [2.24, 2.45) is 0 Å². The summed E-state index contributed by atoms with van der Waals surface area (Å²) in [6, 6.07) is 4.15. The Morgan fingerprint density at radius 2 is 1.89 bits per heavy atom. The lowest BCUT2D eigenvalue weighted by atomic mass is 9.95. The Morgan fingerprint density at radius 3 is 2.50 bits per heavy atom. The van der Waals surface area contributed by atoms with E-state index in [0.717, 1.165) is 31.9 Å². The predicted molar refractivity (Wildman–Crippen MR) is 70.0 cm³/mol. The highest BCUT2D eigenvalue weighted by Crippen LogP contribution is 2.25. The molecule has 1 N–H and O–H groups in total. The van der Waals surface area contributed by atoms with E-state index in [2.05, 4.69) is 5.32 Å². The van der Waals surface area contributed by atoms with Crippen LogP contribution in [0.4, 0.5) is 10.1 Å². The van der Waals surface area contributed by atoms with Crippen molar-refractivity contribution in [3.8, 4) is 0 Å². The summed E-state index contributed by atoms with van der Waals surface area (Å²) in [5, 5.41) is 3.12. The van der Waals surface area contributed by atoms with Gasteiger partial charge in [0.15, 0.2) is 9.84 Å². The largest absolute Gasteiger partial charge is 0.380 e. The van der Waals surface area contributed by atoms with E-state index in [1.807, 2.05) is 0 Å². The molecular weight excluding hydrogens is 253 g/mol. The van der Waals surface area contributed by atoms with Crippen molar-refractivity contribution >= 4 is 15.5 Å². The van der Waals surface area contributed by atoms with Crippen LogP contribution in [0.15, 0.2) is 23.1 Å². The molecule has 1 aromatic carbocycles. The second-order valence-corrected chi connectivity index (χ2v) is 6.91. The van der Waals surface area contributed by atoms with E-state index in [4.69, 9.17) is 0 Å². The molecule has 0 bridgehead atoms. The normalized spacial score (nSPS) is 17.7. The van der Waals surface area contributed by atoms with Crippen LogP contribution < -0.4 is 5.32 Å². The van der Waals surface area contributed by atoms with Gasteiger partial charge in [0, 0.05) is 12.3 Å². The molecule has 2 rings (SSSR count). The van der Waals surface area contributed by atoms with Gasteiger partial charge in [-0.2, -0.15) is 0 Å². The fraction of sp³-hybridized carbons (Fsp3) is 0.538. The van der Waals surface area contributed by atoms with Crippen LogP contribution in [0.25, 0.3) is 0 Å². The summed E-state index contributed by atoms with van der Waals surface area (Å²) in [7, 11) is -3.29. The number of benzene rings is 1. The molecule has 0 heterocycles. The highest BCUT2D eigenvalue weighted by Gasteiger charge is 2.16. The van der Waals surface area contributed by atoms with Gasteiger partial charge in [-0.25, -0.2) is 12.8 Å². The first-order valence-corrected chi connectivity index (χ1v) is 8.12. The summed E-state index contributed by atoms with van der Waals surface area (Å²) in [4.78, 5) is 0.155. The highest BCUT2D eigenvalue weighted by atomic mass is 32.2. The molecule has 0 amide bonds. The lowest BCUT2D eigenvalue weighted by Gasteiger charge is -2.24. The van der Waals surface area contributed by atoms with Gasteiger partial charge >= 0.3 is 0 Å². The standard InChI is InChI=1S/C13H18FNO2S/c1-18(16,17)11-7-8-12(14)13(9-11)15-10-5-3-2-4-6-10/h7-10,15H,2-6H2,1H3. The van der Waals surface area contributed by atoms with Crippen LogP contribution in [0, 0.1) is 5.82 Å². The van der Waals surface area contributed by atoms with Gasteiger partial charge in [0.25, 0.3) is 0 Å². The second kappa shape index (κ2) is 5.26. The average Bonchev–Trinajstić information content (AvgIpc) is 2.32. The third-order valence-corrected chi connectivity index (χ3v) is 4.44. The van der Waals surface area contributed by atoms with Crippen LogP contribution in [-0.4, -0.2) is 20.7 Å². The van der Waals surface area contributed by atoms with Crippen LogP contribution in [0.5, 0.6) is 0 Å². The van der Waals surface area contributed by atoms with E-state index >= 15 is 0 Å². The third-order valence-electron chi connectivity index (χ3n) is 3.33. The molecule has 100 valence electrons. The molecule has 0 aromatic heterocycles. The van der Waals surface area contributed by atoms with Crippen molar-refractivity contribution in [2.45, 2.75) is 43.0 Å². The topological polar surface area (TPSA) is 46.2 Å². The maximum Gasteiger partial charge on any atom is 0.175 e. The number of halogens is 1. The quantitative estimate of drug-likeness (QED) is 0.860. The van der Waals surface area contributed by atoms with E-state index in [-0.39, 0.29) is 10.9 Å². The zero-order valence-corrected chi connectivity index (χ0v) is 11.3. The van der Waals surface area contributed by atoms with Gasteiger partial charge < -0.3 is 5.32 Å². The van der Waals surface area contributed by atoms with Gasteiger partial charge in [-0.05, 0) is 31.0 Å². The summed E-state index contributed by atoms with van der Waals surface area (Å²) >= 11 is 0. The minimum atomic E-state index is -3.29. The SMILES string of the molecule is CS(=O)(=O)c1ccc(F)c(NC2CCCCC2)c1. The zero-order valence-electron chi connectivity index (χ0n) is 10.4. The Morgan fingerprint density at radius 1 is 1.22 bits per heavy atom. The number of sulfone groups is 1. The molecule has 5 heteroatoms.